The molecule has 0 unspecified atom stereocenters. The van der Waals surface area contributed by atoms with Crippen LogP contribution in [0.1, 0.15) is 22.5 Å². The molecule has 6 nitrogen and oxygen atoms in total. The van der Waals surface area contributed by atoms with Crippen molar-refractivity contribution >= 4 is 0 Å². The van der Waals surface area contributed by atoms with Crippen molar-refractivity contribution in [3.8, 4) is 11.5 Å². The van der Waals surface area contributed by atoms with E-state index in [0.717, 1.165) is 11.1 Å². The van der Waals surface area contributed by atoms with Crippen LogP contribution in [0.15, 0.2) is 24.5 Å². The van der Waals surface area contributed by atoms with Gasteiger partial charge in [0.2, 0.25) is 0 Å². The summed E-state index contributed by atoms with van der Waals surface area (Å²) in [6.45, 7) is 5.19. The molecule has 2 heterocycles. The highest BCUT2D eigenvalue weighted by atomic mass is 16.3. The Morgan fingerprint density at radius 2 is 1.29 bits per heavy atom. The number of rotatable bonds is 6. The van der Waals surface area contributed by atoms with Crippen molar-refractivity contribution in [1.29, 1.82) is 0 Å². The Balaban J connectivity index is 1.78. The molecule has 0 saturated carbocycles. The van der Waals surface area contributed by atoms with Gasteiger partial charge in [0.1, 0.15) is 11.5 Å². The van der Waals surface area contributed by atoms with Crippen LogP contribution in [0.25, 0.3) is 0 Å². The second-order valence-electron chi connectivity index (χ2n) is 4.84. The van der Waals surface area contributed by atoms with E-state index in [1.165, 1.54) is 0 Å². The highest BCUT2D eigenvalue weighted by molar-refractivity contribution is 5.35. The monoisotopic (exact) mass is 288 g/mol. The van der Waals surface area contributed by atoms with Crippen molar-refractivity contribution in [2.75, 3.05) is 6.67 Å². The molecule has 0 bridgehead atoms. The molecular weight excluding hydrogens is 268 g/mol. The molecule has 6 heteroatoms. The molecule has 2 rings (SSSR count). The van der Waals surface area contributed by atoms with Gasteiger partial charge < -0.3 is 20.8 Å². The number of aryl methyl sites for hydroxylation is 2. The predicted octanol–water partition coefficient (Wildman–Crippen LogP) is 1.34. The van der Waals surface area contributed by atoms with Gasteiger partial charge in [0.15, 0.2) is 0 Å². The lowest BCUT2D eigenvalue weighted by Gasteiger charge is -2.10. The van der Waals surface area contributed by atoms with Crippen LogP contribution in [0.2, 0.25) is 0 Å². The predicted molar refractivity (Wildman–Crippen MR) is 79.8 cm³/mol. The normalized spacial score (nSPS) is 10.8. The van der Waals surface area contributed by atoms with Crippen molar-refractivity contribution in [2.45, 2.75) is 26.9 Å². The van der Waals surface area contributed by atoms with Crippen molar-refractivity contribution in [3.63, 3.8) is 0 Å². The molecule has 0 fully saturated rings. The molecule has 0 spiro atoms. The van der Waals surface area contributed by atoms with Gasteiger partial charge in [-0.2, -0.15) is 0 Å². The van der Waals surface area contributed by atoms with Crippen molar-refractivity contribution in [3.05, 3.63) is 47.0 Å². The van der Waals surface area contributed by atoms with E-state index in [1.807, 2.05) is 0 Å². The van der Waals surface area contributed by atoms with Gasteiger partial charge in [0, 0.05) is 43.3 Å². The Morgan fingerprint density at radius 1 is 0.857 bits per heavy atom. The minimum atomic E-state index is 0.229. The Kier molecular flexibility index (Phi) is 5.08. The molecule has 21 heavy (non-hydrogen) atoms. The highest BCUT2D eigenvalue weighted by Gasteiger charge is 2.05. The molecule has 0 saturated heterocycles. The van der Waals surface area contributed by atoms with Gasteiger partial charge in [0.05, 0.1) is 11.4 Å². The molecule has 0 radical (unpaired) electrons. The van der Waals surface area contributed by atoms with Gasteiger partial charge in [-0.3, -0.25) is 9.97 Å². The third-order valence-corrected chi connectivity index (χ3v) is 3.26. The third kappa shape index (κ3) is 3.90. The number of hydrogen-bond donors (Lipinski definition) is 4. The maximum atomic E-state index is 9.84. The number of aromatic hydroxyl groups is 2. The number of hydrogen-bond acceptors (Lipinski definition) is 6. The lowest BCUT2D eigenvalue weighted by Crippen LogP contribution is -2.28. The average molecular weight is 288 g/mol. The first-order valence-corrected chi connectivity index (χ1v) is 6.78. The van der Waals surface area contributed by atoms with Gasteiger partial charge in [-0.15, -0.1) is 0 Å². The number of nitrogens with one attached hydrogen (secondary N) is 2. The standard InChI is InChI=1S/C15H20N4O2/c1-10-14(20)12(3-5-18-10)7-16-9-17-8-13-4-6-19-11(2)15(13)21/h3-6,16-17,20-21H,7-9H2,1-2H3. The average Bonchev–Trinajstić information content (AvgIpc) is 2.47. The van der Waals surface area contributed by atoms with Gasteiger partial charge in [-0.1, -0.05) is 0 Å². The van der Waals surface area contributed by atoms with Crippen LogP contribution in [0.5, 0.6) is 11.5 Å². The first kappa shape index (κ1) is 15.2. The van der Waals surface area contributed by atoms with Gasteiger partial charge in [-0.05, 0) is 26.0 Å². The van der Waals surface area contributed by atoms with Crippen molar-refractivity contribution < 1.29 is 10.2 Å². The second kappa shape index (κ2) is 7.01. The fraction of sp³-hybridized carbons (Fsp3) is 0.333. The summed E-state index contributed by atoms with van der Waals surface area (Å²) in [6.07, 6.45) is 3.36. The minimum absolute atomic E-state index is 0.229. The lowest BCUT2D eigenvalue weighted by molar-refractivity contribution is 0.450. The largest absolute Gasteiger partial charge is 0.506 e. The Hall–Kier alpha value is -2.18. The summed E-state index contributed by atoms with van der Waals surface area (Å²) in [7, 11) is 0. The SMILES string of the molecule is Cc1nccc(CNCNCc2ccnc(C)c2O)c1O. The van der Waals surface area contributed by atoms with Crippen LogP contribution < -0.4 is 10.6 Å². The molecule has 0 aliphatic carbocycles. The van der Waals surface area contributed by atoms with E-state index >= 15 is 0 Å². The molecule has 0 atom stereocenters. The van der Waals surface area contributed by atoms with E-state index < -0.39 is 0 Å². The molecule has 2 aromatic heterocycles. The fourth-order valence-electron chi connectivity index (χ4n) is 1.99. The molecule has 112 valence electrons. The molecule has 0 aliphatic heterocycles. The zero-order valence-electron chi connectivity index (χ0n) is 12.2. The van der Waals surface area contributed by atoms with Crippen LogP contribution in [0, 0.1) is 13.8 Å². The number of pyridine rings is 2. The van der Waals surface area contributed by atoms with Gasteiger partial charge in [0.25, 0.3) is 0 Å². The molecule has 0 aliphatic rings. The first-order chi connectivity index (χ1) is 10.1. The molecule has 2 aromatic rings. The second-order valence-corrected chi connectivity index (χ2v) is 4.84. The smallest absolute Gasteiger partial charge is 0.141 e. The fourth-order valence-corrected chi connectivity index (χ4v) is 1.99. The number of nitrogens with zero attached hydrogens (tertiary/aromatic N) is 2. The molecule has 4 N–H and O–H groups in total. The van der Waals surface area contributed by atoms with E-state index in [4.69, 9.17) is 0 Å². The summed E-state index contributed by atoms with van der Waals surface area (Å²) in [6, 6.07) is 3.57. The summed E-state index contributed by atoms with van der Waals surface area (Å²) < 4.78 is 0. The van der Waals surface area contributed by atoms with Crippen LogP contribution in [-0.4, -0.2) is 26.8 Å². The maximum absolute atomic E-state index is 9.84. The summed E-state index contributed by atoms with van der Waals surface area (Å²) in [4.78, 5) is 8.03. The first-order valence-electron chi connectivity index (χ1n) is 6.78. The highest BCUT2D eigenvalue weighted by Crippen LogP contribution is 2.19. The zero-order valence-corrected chi connectivity index (χ0v) is 12.2. The zero-order chi connectivity index (χ0) is 15.2. The van der Waals surface area contributed by atoms with Gasteiger partial charge >= 0.3 is 0 Å². The van der Waals surface area contributed by atoms with Gasteiger partial charge in [-0.25, -0.2) is 0 Å². The summed E-state index contributed by atoms with van der Waals surface area (Å²) in [5, 5.41) is 26.0. The van der Waals surface area contributed by atoms with E-state index in [0.29, 0.717) is 31.1 Å². The maximum Gasteiger partial charge on any atom is 0.141 e. The van der Waals surface area contributed by atoms with E-state index in [2.05, 4.69) is 20.6 Å². The summed E-state index contributed by atoms with van der Waals surface area (Å²) >= 11 is 0. The van der Waals surface area contributed by atoms with Crippen molar-refractivity contribution in [2.24, 2.45) is 0 Å². The summed E-state index contributed by atoms with van der Waals surface area (Å²) in [5.41, 5.74) is 2.87. The Morgan fingerprint density at radius 3 is 1.71 bits per heavy atom. The third-order valence-electron chi connectivity index (χ3n) is 3.26. The van der Waals surface area contributed by atoms with Crippen LogP contribution >= 0.6 is 0 Å². The van der Waals surface area contributed by atoms with Crippen LogP contribution in [0.4, 0.5) is 0 Å². The van der Waals surface area contributed by atoms with Crippen LogP contribution in [0.3, 0.4) is 0 Å². The van der Waals surface area contributed by atoms with E-state index in [-0.39, 0.29) is 11.5 Å². The topological polar surface area (TPSA) is 90.3 Å². The molecule has 0 amide bonds. The molecular formula is C15H20N4O2. The van der Waals surface area contributed by atoms with Crippen LogP contribution in [-0.2, 0) is 13.1 Å². The van der Waals surface area contributed by atoms with E-state index in [1.54, 1.807) is 38.4 Å². The number of aromatic nitrogens is 2. The lowest BCUT2D eigenvalue weighted by atomic mass is 10.2. The summed E-state index contributed by atoms with van der Waals surface area (Å²) in [5.74, 6) is 0.458. The Labute approximate surface area is 123 Å². The quantitative estimate of drug-likeness (QED) is 0.474. The molecule has 0 aromatic carbocycles. The van der Waals surface area contributed by atoms with Crippen molar-refractivity contribution in [1.82, 2.24) is 20.6 Å². The minimum Gasteiger partial charge on any atom is -0.506 e. The van der Waals surface area contributed by atoms with E-state index in [9.17, 15) is 10.2 Å². The Bertz CT molecular complexity index is 563.